The highest BCUT2D eigenvalue weighted by Gasteiger charge is 2.18. The molecule has 118 valence electrons. The van der Waals surface area contributed by atoms with Gasteiger partial charge in [-0.1, -0.05) is 0 Å². The average molecular weight is 341 g/mol. The molecule has 0 N–H and O–H groups in total. The summed E-state index contributed by atoms with van der Waals surface area (Å²) in [5, 5.41) is 0. The Balaban J connectivity index is 1.69. The normalized spacial score (nSPS) is 15.2. The van der Waals surface area contributed by atoms with Crippen LogP contribution in [0.25, 0.3) is 0 Å². The zero-order valence-electron chi connectivity index (χ0n) is 12.1. The van der Waals surface area contributed by atoms with Gasteiger partial charge in [-0.15, -0.1) is 11.3 Å². The van der Waals surface area contributed by atoms with Crippen LogP contribution < -0.4 is 4.74 Å². The van der Waals surface area contributed by atoms with E-state index in [1.54, 1.807) is 16.8 Å². The molecule has 1 atom stereocenters. The number of aryl methyl sites for hydroxylation is 2. The van der Waals surface area contributed by atoms with E-state index in [4.69, 9.17) is 9.47 Å². The van der Waals surface area contributed by atoms with E-state index in [-0.39, 0.29) is 18.4 Å². The van der Waals surface area contributed by atoms with Crippen LogP contribution in [0.5, 0.6) is 5.75 Å². The van der Waals surface area contributed by atoms with Gasteiger partial charge in [0.05, 0.1) is 23.6 Å². The molecule has 7 heteroatoms. The lowest BCUT2D eigenvalue weighted by Gasteiger charge is -2.20. The van der Waals surface area contributed by atoms with Crippen molar-refractivity contribution >= 4 is 22.1 Å². The predicted molar refractivity (Wildman–Crippen MR) is 84.0 cm³/mol. The third-order valence-corrected chi connectivity index (χ3v) is 5.76. The van der Waals surface area contributed by atoms with Crippen molar-refractivity contribution in [3.8, 4) is 5.75 Å². The Hall–Kier alpha value is -1.31. The minimum atomic E-state index is -1.08. The minimum Gasteiger partial charge on any atom is -0.467 e. The first-order valence-corrected chi connectivity index (χ1v) is 9.26. The number of halogens is 1. The van der Waals surface area contributed by atoms with Crippen molar-refractivity contribution in [1.82, 2.24) is 4.98 Å². The van der Waals surface area contributed by atoms with Gasteiger partial charge >= 0.3 is 0 Å². The molecule has 0 spiro atoms. The second-order valence-corrected chi connectivity index (χ2v) is 7.58. The number of hydrogen-bond donors (Lipinski definition) is 0. The molecule has 1 aromatic heterocycles. The molecule has 2 aromatic rings. The van der Waals surface area contributed by atoms with Crippen LogP contribution in [-0.4, -0.2) is 21.7 Å². The molecule has 3 rings (SSSR count). The van der Waals surface area contributed by atoms with Crippen molar-refractivity contribution in [2.24, 2.45) is 0 Å². The van der Waals surface area contributed by atoms with Gasteiger partial charge in [0.2, 0.25) is 0 Å². The molecule has 0 unspecified atom stereocenters. The molecule has 0 fully saturated rings. The summed E-state index contributed by atoms with van der Waals surface area (Å²) in [6.45, 7) is 2.43. The van der Waals surface area contributed by atoms with Crippen molar-refractivity contribution in [3.63, 3.8) is 0 Å². The Morgan fingerprint density at radius 2 is 2.32 bits per heavy atom. The van der Waals surface area contributed by atoms with Gasteiger partial charge in [0.1, 0.15) is 11.6 Å². The Morgan fingerprint density at radius 3 is 3.09 bits per heavy atom. The van der Waals surface area contributed by atoms with E-state index < -0.39 is 10.8 Å². The summed E-state index contributed by atoms with van der Waals surface area (Å²) in [5.74, 6) is 1.09. The standard InChI is InChI=1S/C15H16FNO3S2/c1-10-14(21-8-17-10)2-3-22(18)7-12-5-13(16)4-11-6-19-9-20-15(11)12/h4-5,8H,2-3,6-7,9H2,1H3/t22-/m0/s1. The molecule has 2 heterocycles. The molecule has 1 aromatic carbocycles. The van der Waals surface area contributed by atoms with Crippen LogP contribution in [0.4, 0.5) is 4.39 Å². The van der Waals surface area contributed by atoms with E-state index in [1.807, 2.05) is 6.92 Å². The Bertz CT molecular complexity index is 702. The highest BCUT2D eigenvalue weighted by Crippen LogP contribution is 2.30. The lowest BCUT2D eigenvalue weighted by atomic mass is 10.1. The molecule has 0 radical (unpaired) electrons. The Morgan fingerprint density at radius 1 is 1.45 bits per heavy atom. The van der Waals surface area contributed by atoms with Gasteiger partial charge in [-0.05, 0) is 25.5 Å². The molecule has 22 heavy (non-hydrogen) atoms. The van der Waals surface area contributed by atoms with Crippen molar-refractivity contribution in [2.75, 3.05) is 12.5 Å². The summed E-state index contributed by atoms with van der Waals surface area (Å²) < 4.78 is 36.6. The quantitative estimate of drug-likeness (QED) is 0.839. The number of benzene rings is 1. The molecule has 0 amide bonds. The fourth-order valence-electron chi connectivity index (χ4n) is 2.38. The molecule has 1 aliphatic heterocycles. The van der Waals surface area contributed by atoms with Crippen LogP contribution in [0.2, 0.25) is 0 Å². The van der Waals surface area contributed by atoms with Gasteiger partial charge in [-0.3, -0.25) is 4.21 Å². The number of rotatable bonds is 5. The second-order valence-electron chi connectivity index (χ2n) is 5.06. The van der Waals surface area contributed by atoms with Crippen molar-refractivity contribution < 1.29 is 18.1 Å². The fraction of sp³-hybridized carbons (Fsp3) is 0.400. The van der Waals surface area contributed by atoms with E-state index in [9.17, 15) is 8.60 Å². The van der Waals surface area contributed by atoms with Gasteiger partial charge in [-0.2, -0.15) is 0 Å². The summed E-state index contributed by atoms with van der Waals surface area (Å²) in [5.41, 5.74) is 4.12. The van der Waals surface area contributed by atoms with Crippen LogP contribution in [0, 0.1) is 12.7 Å². The third kappa shape index (κ3) is 3.53. The van der Waals surface area contributed by atoms with Gasteiger partial charge < -0.3 is 9.47 Å². The topological polar surface area (TPSA) is 48.4 Å². The first-order chi connectivity index (χ1) is 10.6. The summed E-state index contributed by atoms with van der Waals surface area (Å²) in [6, 6.07) is 2.81. The van der Waals surface area contributed by atoms with Gasteiger partial charge in [0.25, 0.3) is 0 Å². The van der Waals surface area contributed by atoms with Crippen LogP contribution in [0.15, 0.2) is 17.6 Å². The number of hydrogen-bond acceptors (Lipinski definition) is 5. The van der Waals surface area contributed by atoms with Crippen molar-refractivity contribution in [1.29, 1.82) is 0 Å². The molecule has 0 aliphatic carbocycles. The molecule has 4 nitrogen and oxygen atoms in total. The summed E-state index contributed by atoms with van der Waals surface area (Å²) in [4.78, 5) is 5.34. The van der Waals surface area contributed by atoms with E-state index in [1.165, 1.54) is 12.1 Å². The number of ether oxygens (including phenoxy) is 2. The Labute approximate surface area is 134 Å². The first-order valence-electron chi connectivity index (χ1n) is 6.89. The predicted octanol–water partition coefficient (Wildman–Crippen LogP) is 2.95. The van der Waals surface area contributed by atoms with E-state index in [0.29, 0.717) is 29.2 Å². The number of fused-ring (bicyclic) bond motifs is 1. The van der Waals surface area contributed by atoms with E-state index >= 15 is 0 Å². The molecular formula is C15H16FNO3S2. The maximum Gasteiger partial charge on any atom is 0.189 e. The second kappa shape index (κ2) is 6.85. The summed E-state index contributed by atoms with van der Waals surface area (Å²) >= 11 is 1.58. The smallest absolute Gasteiger partial charge is 0.189 e. The SMILES string of the molecule is Cc1ncsc1CC[S@](=O)Cc1cc(F)cc2c1OCOC2. The van der Waals surface area contributed by atoms with Gasteiger partial charge in [0, 0.05) is 32.6 Å². The van der Waals surface area contributed by atoms with Crippen LogP contribution in [0.1, 0.15) is 21.7 Å². The number of nitrogens with zero attached hydrogens (tertiary/aromatic N) is 1. The van der Waals surface area contributed by atoms with Crippen LogP contribution in [0.3, 0.4) is 0 Å². The zero-order chi connectivity index (χ0) is 15.5. The van der Waals surface area contributed by atoms with E-state index in [2.05, 4.69) is 4.98 Å². The molecule has 0 bridgehead atoms. The molecule has 0 saturated heterocycles. The summed E-state index contributed by atoms with van der Waals surface area (Å²) in [6.07, 6.45) is 0.727. The number of aromatic nitrogens is 1. The van der Waals surface area contributed by atoms with Crippen LogP contribution >= 0.6 is 11.3 Å². The van der Waals surface area contributed by atoms with Gasteiger partial charge in [-0.25, -0.2) is 9.37 Å². The van der Waals surface area contributed by atoms with Crippen molar-refractivity contribution in [2.45, 2.75) is 25.7 Å². The largest absolute Gasteiger partial charge is 0.467 e. The number of thiazole rings is 1. The van der Waals surface area contributed by atoms with E-state index in [0.717, 1.165) is 17.0 Å². The maximum absolute atomic E-state index is 13.7. The average Bonchev–Trinajstić information content (AvgIpc) is 2.90. The highest BCUT2D eigenvalue weighted by atomic mass is 32.2. The van der Waals surface area contributed by atoms with Gasteiger partial charge in [0.15, 0.2) is 6.79 Å². The zero-order valence-corrected chi connectivity index (χ0v) is 13.8. The lowest BCUT2D eigenvalue weighted by molar-refractivity contribution is -0.0171. The third-order valence-electron chi connectivity index (χ3n) is 3.47. The van der Waals surface area contributed by atoms with Crippen LogP contribution in [-0.2, 0) is 34.3 Å². The highest BCUT2D eigenvalue weighted by molar-refractivity contribution is 7.84. The molecular weight excluding hydrogens is 325 g/mol. The first kappa shape index (κ1) is 15.6. The molecule has 1 aliphatic rings. The monoisotopic (exact) mass is 341 g/mol. The Kier molecular flexibility index (Phi) is 4.85. The molecule has 0 saturated carbocycles. The minimum absolute atomic E-state index is 0.151. The van der Waals surface area contributed by atoms with Crippen molar-refractivity contribution in [3.05, 3.63) is 45.2 Å². The fourth-order valence-corrected chi connectivity index (χ4v) is 4.43. The summed E-state index contributed by atoms with van der Waals surface area (Å²) in [7, 11) is -1.08. The maximum atomic E-state index is 13.7. The lowest BCUT2D eigenvalue weighted by Crippen LogP contribution is -2.15.